The van der Waals surface area contributed by atoms with Gasteiger partial charge in [-0.15, -0.1) is 0 Å². The van der Waals surface area contributed by atoms with Crippen LogP contribution in [0.2, 0.25) is 0 Å². The second-order valence-electron chi connectivity index (χ2n) is 8.18. The van der Waals surface area contributed by atoms with Crippen molar-refractivity contribution in [2.45, 2.75) is 31.7 Å². The Balaban J connectivity index is 1.71. The van der Waals surface area contributed by atoms with E-state index in [1.807, 2.05) is 72.8 Å². The predicted molar refractivity (Wildman–Crippen MR) is 123 cm³/mol. The van der Waals surface area contributed by atoms with E-state index in [4.69, 9.17) is 0 Å². The normalized spacial score (nSPS) is 20.4. The summed E-state index contributed by atoms with van der Waals surface area (Å²) in [6, 6.07) is 27.4. The summed E-state index contributed by atoms with van der Waals surface area (Å²) in [6.07, 6.45) is 1.17. The summed E-state index contributed by atoms with van der Waals surface area (Å²) in [4.78, 5) is 28.3. The molecule has 3 aromatic carbocycles. The van der Waals surface area contributed by atoms with Crippen LogP contribution >= 0.6 is 0 Å². The number of ketones is 1. The number of nitrogens with one attached hydrogen (secondary N) is 1. The third kappa shape index (κ3) is 3.44. The van der Waals surface area contributed by atoms with E-state index in [9.17, 15) is 9.59 Å². The lowest BCUT2D eigenvalue weighted by Gasteiger charge is -2.34. The average Bonchev–Trinajstić information content (AvgIpc) is 2.95. The van der Waals surface area contributed by atoms with Gasteiger partial charge in [0.05, 0.1) is 17.4 Å². The number of amides is 1. The Hall–Kier alpha value is -3.66. The van der Waals surface area contributed by atoms with E-state index in [2.05, 4.69) is 17.4 Å². The van der Waals surface area contributed by atoms with Crippen LogP contribution in [0.1, 0.15) is 42.9 Å². The minimum atomic E-state index is -0.450. The Bertz CT molecular complexity index is 1170. The highest BCUT2D eigenvalue weighted by atomic mass is 16.2. The molecule has 2 atom stereocenters. The van der Waals surface area contributed by atoms with E-state index >= 15 is 0 Å². The fraction of sp³-hybridized carbons (Fsp3) is 0.185. The number of nitrogens with zero attached hydrogens (tertiary/aromatic N) is 1. The number of hydrogen-bond donors (Lipinski definition) is 1. The van der Waals surface area contributed by atoms with Gasteiger partial charge in [-0.05, 0) is 35.6 Å². The van der Waals surface area contributed by atoms with E-state index in [-0.39, 0.29) is 17.6 Å². The third-order valence-corrected chi connectivity index (χ3v) is 6.21. The largest absolute Gasteiger partial charge is 0.357 e. The van der Waals surface area contributed by atoms with Crippen LogP contribution in [-0.2, 0) is 9.59 Å². The number of carbonyl (C=O) groups excluding carboxylic acids is 2. The summed E-state index contributed by atoms with van der Waals surface area (Å²) in [7, 11) is 0. The predicted octanol–water partition coefficient (Wildman–Crippen LogP) is 5.61. The third-order valence-electron chi connectivity index (χ3n) is 6.21. The highest BCUT2D eigenvalue weighted by molar-refractivity contribution is 6.05. The molecule has 2 aliphatic rings. The molecule has 4 nitrogen and oxygen atoms in total. The van der Waals surface area contributed by atoms with Gasteiger partial charge in [0.15, 0.2) is 5.78 Å². The van der Waals surface area contributed by atoms with Crippen LogP contribution in [0.5, 0.6) is 0 Å². The molecular formula is C27H24N2O2. The zero-order valence-corrected chi connectivity index (χ0v) is 17.4. The summed E-state index contributed by atoms with van der Waals surface area (Å²) in [5, 5.41) is 3.54. The maximum Gasteiger partial charge on any atom is 0.224 e. The summed E-state index contributed by atoms with van der Waals surface area (Å²) in [5.74, 6) is 0.123. The van der Waals surface area contributed by atoms with Crippen LogP contribution in [0.15, 0.2) is 96.2 Å². The van der Waals surface area contributed by atoms with Gasteiger partial charge in [0.1, 0.15) is 0 Å². The fourth-order valence-electron chi connectivity index (χ4n) is 4.85. The number of carbonyl (C=O) groups is 2. The minimum absolute atomic E-state index is 0.0881. The van der Waals surface area contributed by atoms with Gasteiger partial charge in [0, 0.05) is 24.6 Å². The molecule has 0 aromatic heterocycles. The molecule has 0 unspecified atom stereocenters. The first-order valence-electron chi connectivity index (χ1n) is 10.7. The monoisotopic (exact) mass is 408 g/mol. The zero-order valence-electron chi connectivity index (χ0n) is 17.4. The topological polar surface area (TPSA) is 49.4 Å². The van der Waals surface area contributed by atoms with Crippen molar-refractivity contribution in [2.24, 2.45) is 0 Å². The first kappa shape index (κ1) is 19.3. The van der Waals surface area contributed by atoms with E-state index in [1.54, 1.807) is 11.8 Å². The highest BCUT2D eigenvalue weighted by Gasteiger charge is 2.40. The van der Waals surface area contributed by atoms with Crippen molar-refractivity contribution < 1.29 is 9.59 Å². The molecule has 0 fully saturated rings. The lowest BCUT2D eigenvalue weighted by Crippen LogP contribution is -2.37. The van der Waals surface area contributed by atoms with Crippen molar-refractivity contribution in [3.63, 3.8) is 0 Å². The highest BCUT2D eigenvalue weighted by Crippen LogP contribution is 2.47. The van der Waals surface area contributed by atoms with Gasteiger partial charge >= 0.3 is 0 Å². The molecule has 5 rings (SSSR count). The maximum atomic E-state index is 13.6. The smallest absolute Gasteiger partial charge is 0.224 e. The quantitative estimate of drug-likeness (QED) is 0.600. The lowest BCUT2D eigenvalue weighted by atomic mass is 9.78. The number of fused-ring (bicyclic) bond motifs is 1. The second-order valence-corrected chi connectivity index (χ2v) is 8.18. The van der Waals surface area contributed by atoms with Gasteiger partial charge in [-0.25, -0.2) is 0 Å². The first-order valence-corrected chi connectivity index (χ1v) is 10.7. The number of rotatable bonds is 2. The van der Waals surface area contributed by atoms with Gasteiger partial charge < -0.3 is 5.32 Å². The molecule has 154 valence electrons. The Morgan fingerprint density at radius 3 is 2.13 bits per heavy atom. The fourth-order valence-corrected chi connectivity index (χ4v) is 4.85. The Morgan fingerprint density at radius 1 is 0.839 bits per heavy atom. The van der Waals surface area contributed by atoms with Crippen molar-refractivity contribution in [1.82, 2.24) is 0 Å². The average molecular weight is 409 g/mol. The van der Waals surface area contributed by atoms with E-state index in [0.29, 0.717) is 12.0 Å². The molecule has 31 heavy (non-hydrogen) atoms. The van der Waals surface area contributed by atoms with Crippen molar-refractivity contribution in [3.05, 3.63) is 107 Å². The molecule has 1 aliphatic carbocycles. The van der Waals surface area contributed by atoms with E-state index < -0.39 is 6.04 Å². The van der Waals surface area contributed by atoms with Gasteiger partial charge in [0.25, 0.3) is 0 Å². The molecule has 1 N–H and O–H groups in total. The molecule has 4 heteroatoms. The second kappa shape index (κ2) is 7.88. The van der Waals surface area contributed by atoms with Gasteiger partial charge in [-0.3, -0.25) is 14.5 Å². The number of anilines is 2. The lowest BCUT2D eigenvalue weighted by molar-refractivity contribution is -0.117. The number of Topliss-reactive ketones (excluding diaryl/α,β-unsaturated/α-hetero) is 1. The van der Waals surface area contributed by atoms with Crippen LogP contribution < -0.4 is 10.2 Å². The summed E-state index contributed by atoms with van der Waals surface area (Å²) in [6.45, 7) is 1.57. The molecular weight excluding hydrogens is 384 g/mol. The molecule has 0 radical (unpaired) electrons. The molecule has 1 heterocycles. The molecule has 0 saturated heterocycles. The molecule has 3 aromatic rings. The van der Waals surface area contributed by atoms with Crippen molar-refractivity contribution >= 4 is 23.1 Å². The number of para-hydroxylation sites is 2. The van der Waals surface area contributed by atoms with E-state index in [1.165, 1.54) is 5.56 Å². The molecule has 0 bridgehead atoms. The first-order chi connectivity index (χ1) is 15.1. The Morgan fingerprint density at radius 2 is 1.45 bits per heavy atom. The van der Waals surface area contributed by atoms with Crippen LogP contribution in [0.4, 0.5) is 11.4 Å². The summed E-state index contributed by atoms with van der Waals surface area (Å²) in [5.41, 5.74) is 5.36. The zero-order chi connectivity index (χ0) is 21.4. The van der Waals surface area contributed by atoms with Crippen molar-refractivity contribution in [3.8, 4) is 0 Å². The van der Waals surface area contributed by atoms with Gasteiger partial charge in [-0.2, -0.15) is 0 Å². The molecule has 1 amide bonds. The Kier molecular flexibility index (Phi) is 4.91. The SMILES string of the molecule is CC(=O)N1c2ccccc2NC2=C(C(=O)C[C@H](c3ccccc3)C2)[C@@H]1c1ccccc1. The standard InChI is InChI=1S/C27H24N2O2/c1-18(30)29-24-15-9-8-14-22(24)28-23-16-21(19-10-4-2-5-11-19)17-25(31)26(23)27(29)20-12-6-3-7-13-20/h2-15,21,27-28H,16-17H2,1H3/t21-,27+/m1/s1. The number of benzene rings is 3. The van der Waals surface area contributed by atoms with Crippen LogP contribution in [0.25, 0.3) is 0 Å². The number of allylic oxidation sites excluding steroid dienone is 1. The van der Waals surface area contributed by atoms with Gasteiger partial charge in [0.2, 0.25) is 5.91 Å². The molecule has 1 aliphatic heterocycles. The summed E-state index contributed by atoms with van der Waals surface area (Å²) < 4.78 is 0. The number of hydrogen-bond acceptors (Lipinski definition) is 3. The van der Waals surface area contributed by atoms with E-state index in [0.717, 1.165) is 29.1 Å². The van der Waals surface area contributed by atoms with Crippen molar-refractivity contribution in [2.75, 3.05) is 10.2 Å². The summed E-state index contributed by atoms with van der Waals surface area (Å²) >= 11 is 0. The Labute approximate surface area is 182 Å². The molecule has 0 spiro atoms. The van der Waals surface area contributed by atoms with Crippen LogP contribution in [0, 0.1) is 0 Å². The van der Waals surface area contributed by atoms with Crippen molar-refractivity contribution in [1.29, 1.82) is 0 Å². The maximum absolute atomic E-state index is 13.6. The van der Waals surface area contributed by atoms with Crippen LogP contribution in [-0.4, -0.2) is 11.7 Å². The van der Waals surface area contributed by atoms with Gasteiger partial charge in [-0.1, -0.05) is 72.8 Å². The minimum Gasteiger partial charge on any atom is -0.357 e. The van der Waals surface area contributed by atoms with Crippen LogP contribution in [0.3, 0.4) is 0 Å². The molecule has 0 saturated carbocycles.